The quantitative estimate of drug-likeness (QED) is 0.242. The Morgan fingerprint density at radius 2 is 0.800 bits per heavy atom. The molecule has 15 heavy (non-hydrogen) atoms. The predicted octanol–water partition coefficient (Wildman–Crippen LogP) is -0.575. The van der Waals surface area contributed by atoms with Gasteiger partial charge in [0.1, 0.15) is 0 Å². The molecule has 0 radical (unpaired) electrons. The summed E-state index contributed by atoms with van der Waals surface area (Å²) in [6.45, 7) is 0. The van der Waals surface area contributed by atoms with Gasteiger partial charge in [-0.05, 0) is 0 Å². The summed E-state index contributed by atoms with van der Waals surface area (Å²) in [6, 6.07) is 0. The third-order valence-corrected chi connectivity index (χ3v) is 0. The normalized spacial score (nSPS) is 4.80. The summed E-state index contributed by atoms with van der Waals surface area (Å²) < 4.78 is 0. The molecule has 0 bridgehead atoms. The Morgan fingerprint density at radius 3 is 0.800 bits per heavy atom. The van der Waals surface area contributed by atoms with Crippen LogP contribution in [0.2, 0.25) is 0 Å². The molecule has 0 aliphatic carbocycles. The van der Waals surface area contributed by atoms with E-state index in [1.54, 1.807) is 0 Å². The van der Waals surface area contributed by atoms with Gasteiger partial charge in [0.25, 0.3) is 0 Å². The summed E-state index contributed by atoms with van der Waals surface area (Å²) in [5.41, 5.74) is 0. The van der Waals surface area contributed by atoms with Gasteiger partial charge in [-0.3, -0.25) is 0 Å². The van der Waals surface area contributed by atoms with Crippen LogP contribution in [0, 0.1) is 40.5 Å². The molecule has 0 aromatic heterocycles. The van der Waals surface area contributed by atoms with E-state index >= 15 is 0 Å². The SMILES string of the molecule is O=NO.O=NO.O=[N+]([O-])[O-].O=[N+]([O-])[O-].[Ca+2]. The molecule has 84 valence electrons. The average molecular weight is 258 g/mol. The molecule has 0 spiro atoms. The first-order chi connectivity index (χ1) is 6.29. The third-order valence-electron chi connectivity index (χ3n) is 0. The van der Waals surface area contributed by atoms with Crippen LogP contribution in [0.3, 0.4) is 0 Å². The smallest absolute Gasteiger partial charge is 0.379 e. The van der Waals surface area contributed by atoms with Crippen LogP contribution in [0.4, 0.5) is 0 Å². The van der Waals surface area contributed by atoms with Crippen LogP contribution < -0.4 is 0 Å². The number of rotatable bonds is 0. The van der Waals surface area contributed by atoms with Crippen molar-refractivity contribution in [2.45, 2.75) is 0 Å². The van der Waals surface area contributed by atoms with E-state index < -0.39 is 10.2 Å². The van der Waals surface area contributed by atoms with Crippen LogP contribution in [0.25, 0.3) is 0 Å². The summed E-state index contributed by atoms with van der Waals surface area (Å²) >= 11 is 0. The van der Waals surface area contributed by atoms with E-state index in [4.69, 9.17) is 50.9 Å². The first-order valence-electron chi connectivity index (χ1n) is 1.86. The van der Waals surface area contributed by atoms with Crippen molar-refractivity contribution in [3.63, 3.8) is 0 Å². The Hall–Kier alpha value is -1.54. The van der Waals surface area contributed by atoms with Gasteiger partial charge in [-0.25, -0.2) is 0 Å². The first kappa shape index (κ1) is 29.2. The van der Waals surface area contributed by atoms with E-state index in [1.807, 2.05) is 0 Å². The molecule has 14 nitrogen and oxygen atoms in total. The molecule has 0 unspecified atom stereocenters. The molecule has 0 amide bonds. The van der Waals surface area contributed by atoms with E-state index in [1.165, 1.54) is 10.7 Å². The molecule has 0 heterocycles. The van der Waals surface area contributed by atoms with E-state index in [-0.39, 0.29) is 37.7 Å². The van der Waals surface area contributed by atoms with Crippen LogP contribution >= 0.6 is 0 Å². The van der Waals surface area contributed by atoms with Gasteiger partial charge in [0, 0.05) is 0 Å². The number of hydrogen-bond acceptors (Lipinski definition) is 10. The Kier molecular flexibility index (Phi) is 76.3. The van der Waals surface area contributed by atoms with Crippen LogP contribution in [-0.2, 0) is 0 Å². The zero-order chi connectivity index (χ0) is 12.6. The molecular weight excluding hydrogens is 256 g/mol. The van der Waals surface area contributed by atoms with E-state index in [0.717, 1.165) is 0 Å². The monoisotopic (exact) mass is 258 g/mol. The van der Waals surface area contributed by atoms with Crippen molar-refractivity contribution in [3.05, 3.63) is 40.5 Å². The third kappa shape index (κ3) is 575. The fourth-order valence-corrected chi connectivity index (χ4v) is 0. The maximum absolute atomic E-state index is 8.25. The standard InChI is InChI=1S/Ca.2NO3.2HNO2/c;2*2-1(3)4;2*2-1-3/h;;;2*(H,2,3)/q+2;2*-1;;. The molecule has 0 aromatic rings. The first-order valence-corrected chi connectivity index (χ1v) is 1.86. The minimum atomic E-state index is -1.75. The van der Waals surface area contributed by atoms with E-state index in [0.29, 0.717) is 0 Å². The fourth-order valence-electron chi connectivity index (χ4n) is 0. The Bertz CT molecular complexity index is 130. The van der Waals surface area contributed by atoms with Gasteiger partial charge in [0.2, 0.25) is 0 Å². The van der Waals surface area contributed by atoms with Crippen LogP contribution in [0.15, 0.2) is 10.7 Å². The van der Waals surface area contributed by atoms with Crippen molar-refractivity contribution in [3.8, 4) is 0 Å². The molecule has 0 saturated carbocycles. The van der Waals surface area contributed by atoms with Gasteiger partial charge < -0.3 is 41.1 Å². The van der Waals surface area contributed by atoms with Crippen LogP contribution in [0.1, 0.15) is 0 Å². The minimum absolute atomic E-state index is 0. The van der Waals surface area contributed by atoms with Gasteiger partial charge in [-0.2, -0.15) is 0 Å². The second-order valence-corrected chi connectivity index (χ2v) is 0.611. The van der Waals surface area contributed by atoms with E-state index in [2.05, 4.69) is 0 Å². The Labute approximate surface area is 109 Å². The molecule has 0 aliphatic heterocycles. The summed E-state index contributed by atoms with van der Waals surface area (Å²) in [5, 5.41) is 45.3. The van der Waals surface area contributed by atoms with Crippen molar-refractivity contribution >= 4 is 37.7 Å². The summed E-state index contributed by atoms with van der Waals surface area (Å²) in [6.07, 6.45) is 0. The summed E-state index contributed by atoms with van der Waals surface area (Å²) in [5.74, 6) is 0. The van der Waals surface area contributed by atoms with E-state index in [9.17, 15) is 0 Å². The Balaban J connectivity index is -0.0000000293. The molecule has 2 N–H and O–H groups in total. The second kappa shape index (κ2) is 39.2. The molecule has 0 aliphatic rings. The number of nitrogens with zero attached hydrogens (tertiary/aromatic N) is 4. The van der Waals surface area contributed by atoms with Crippen molar-refractivity contribution in [2.24, 2.45) is 10.7 Å². The summed E-state index contributed by atoms with van der Waals surface area (Å²) in [7, 11) is 0. The molecule has 0 aromatic carbocycles. The maximum atomic E-state index is 8.25. The van der Waals surface area contributed by atoms with Crippen LogP contribution in [0.5, 0.6) is 0 Å². The molecule has 15 heteroatoms. The number of hydrogen-bond donors (Lipinski definition) is 2. The predicted molar refractivity (Wildman–Crippen MR) is 41.6 cm³/mol. The second-order valence-electron chi connectivity index (χ2n) is 0.611. The van der Waals surface area contributed by atoms with Crippen molar-refractivity contribution in [1.82, 2.24) is 0 Å². The van der Waals surface area contributed by atoms with Gasteiger partial charge in [0.05, 0.1) is 10.2 Å². The minimum Gasteiger partial charge on any atom is -0.379 e. The van der Waals surface area contributed by atoms with Crippen molar-refractivity contribution < 1.29 is 20.6 Å². The van der Waals surface area contributed by atoms with Gasteiger partial charge in [-0.15, -0.1) is 9.81 Å². The zero-order valence-corrected chi connectivity index (χ0v) is 8.86. The maximum Gasteiger partial charge on any atom is 2.00 e. The topological polar surface area (TPSA) is 232 Å². The largest absolute Gasteiger partial charge is 2.00 e. The molecular formula is H2CaN4O10. The van der Waals surface area contributed by atoms with Crippen molar-refractivity contribution in [1.29, 1.82) is 0 Å². The molecule has 0 saturated heterocycles. The summed E-state index contributed by atoms with van der Waals surface area (Å²) in [4.78, 5) is 32.7. The van der Waals surface area contributed by atoms with Crippen LogP contribution in [-0.4, -0.2) is 58.3 Å². The zero-order valence-electron chi connectivity index (χ0n) is 6.66. The molecule has 0 atom stereocenters. The molecule has 0 fully saturated rings. The fraction of sp³-hybridized carbons (Fsp3) is 0. The van der Waals surface area contributed by atoms with Crippen molar-refractivity contribution in [2.75, 3.05) is 0 Å². The molecule has 0 rings (SSSR count). The van der Waals surface area contributed by atoms with Gasteiger partial charge in [-0.1, -0.05) is 0 Å². The van der Waals surface area contributed by atoms with Gasteiger partial charge >= 0.3 is 37.7 Å². The van der Waals surface area contributed by atoms with Gasteiger partial charge in [0.15, 0.2) is 10.7 Å². The average Bonchev–Trinajstić information content (AvgIpc) is 1.85. The Morgan fingerprint density at radius 1 is 0.800 bits per heavy atom.